The van der Waals surface area contributed by atoms with E-state index in [1.54, 1.807) is 35.1 Å². The summed E-state index contributed by atoms with van der Waals surface area (Å²) < 4.78 is 12.1. The summed E-state index contributed by atoms with van der Waals surface area (Å²) in [6.45, 7) is 0.428. The Labute approximate surface area is 166 Å². The van der Waals surface area contributed by atoms with Gasteiger partial charge in [-0.15, -0.1) is 0 Å². The summed E-state index contributed by atoms with van der Waals surface area (Å²) in [4.78, 5) is 12.7. The number of halogens is 2. The molecule has 140 valence electrons. The standard InChI is InChI=1S/C19H17Cl2N3O3/c1-26-16-9-5-7-13(17(16)27-2)19(25)22-18-15(21)11-24(23-18)10-12-6-3-4-8-14(12)20/h3-9,11H,10H2,1-2H3,(H,22,23,25). The number of carbonyl (C=O) groups is 1. The van der Waals surface area contributed by atoms with Crippen LogP contribution in [0.2, 0.25) is 10.0 Å². The Morgan fingerprint density at radius 3 is 2.56 bits per heavy atom. The Hall–Kier alpha value is -2.70. The Morgan fingerprint density at radius 1 is 1.07 bits per heavy atom. The first-order chi connectivity index (χ1) is 13.0. The van der Waals surface area contributed by atoms with E-state index in [-0.39, 0.29) is 5.82 Å². The molecule has 0 radical (unpaired) electrons. The van der Waals surface area contributed by atoms with Crippen molar-refractivity contribution in [1.29, 1.82) is 0 Å². The van der Waals surface area contributed by atoms with Crippen LogP contribution in [0, 0.1) is 0 Å². The first kappa shape index (κ1) is 19.1. The van der Waals surface area contributed by atoms with Crippen molar-refractivity contribution in [3.63, 3.8) is 0 Å². The number of nitrogens with zero attached hydrogens (tertiary/aromatic N) is 2. The minimum atomic E-state index is -0.407. The SMILES string of the molecule is COc1cccc(C(=O)Nc2nn(Cc3ccccc3Cl)cc2Cl)c1OC. The van der Waals surface area contributed by atoms with Crippen LogP contribution in [0.5, 0.6) is 11.5 Å². The van der Waals surface area contributed by atoms with Gasteiger partial charge in [-0.25, -0.2) is 0 Å². The summed E-state index contributed by atoms with van der Waals surface area (Å²) >= 11 is 12.4. The van der Waals surface area contributed by atoms with Gasteiger partial charge in [-0.05, 0) is 23.8 Å². The first-order valence-corrected chi connectivity index (χ1v) is 8.77. The highest BCUT2D eigenvalue weighted by atomic mass is 35.5. The number of carbonyl (C=O) groups excluding carboxylic acids is 1. The van der Waals surface area contributed by atoms with Crippen LogP contribution in [0.15, 0.2) is 48.7 Å². The number of para-hydroxylation sites is 1. The second kappa shape index (κ2) is 8.33. The van der Waals surface area contributed by atoms with Crippen LogP contribution in [0.25, 0.3) is 0 Å². The fourth-order valence-corrected chi connectivity index (χ4v) is 3.00. The lowest BCUT2D eigenvalue weighted by molar-refractivity contribution is 0.102. The summed E-state index contributed by atoms with van der Waals surface area (Å²) in [5, 5.41) is 7.99. The van der Waals surface area contributed by atoms with E-state index in [0.717, 1.165) is 5.56 Å². The molecule has 0 aliphatic rings. The van der Waals surface area contributed by atoms with Gasteiger partial charge in [-0.3, -0.25) is 9.48 Å². The lowest BCUT2D eigenvalue weighted by Crippen LogP contribution is -2.14. The molecule has 1 aromatic heterocycles. The van der Waals surface area contributed by atoms with Crippen molar-refractivity contribution in [3.8, 4) is 11.5 Å². The van der Waals surface area contributed by atoms with Gasteiger partial charge < -0.3 is 14.8 Å². The fraction of sp³-hybridized carbons (Fsp3) is 0.158. The van der Waals surface area contributed by atoms with Crippen LogP contribution in [0.4, 0.5) is 5.82 Å². The molecule has 1 heterocycles. The first-order valence-electron chi connectivity index (χ1n) is 8.02. The van der Waals surface area contributed by atoms with Gasteiger partial charge in [0.15, 0.2) is 17.3 Å². The third-order valence-corrected chi connectivity index (χ3v) is 4.53. The van der Waals surface area contributed by atoms with Gasteiger partial charge in [-0.2, -0.15) is 5.10 Å². The van der Waals surface area contributed by atoms with Crippen molar-refractivity contribution >= 4 is 34.9 Å². The molecule has 0 unspecified atom stereocenters. The van der Waals surface area contributed by atoms with Gasteiger partial charge in [0.2, 0.25) is 0 Å². The molecule has 3 rings (SSSR count). The molecule has 0 fully saturated rings. The second-order valence-corrected chi connectivity index (χ2v) is 6.42. The average Bonchev–Trinajstić information content (AvgIpc) is 3.01. The van der Waals surface area contributed by atoms with E-state index in [0.29, 0.717) is 33.7 Å². The molecule has 0 atom stereocenters. The third kappa shape index (κ3) is 4.18. The van der Waals surface area contributed by atoms with Gasteiger partial charge in [0.1, 0.15) is 5.02 Å². The smallest absolute Gasteiger partial charge is 0.260 e. The van der Waals surface area contributed by atoms with Crippen molar-refractivity contribution in [2.75, 3.05) is 19.5 Å². The quantitative estimate of drug-likeness (QED) is 0.655. The highest BCUT2D eigenvalue weighted by Crippen LogP contribution is 2.31. The zero-order valence-corrected chi connectivity index (χ0v) is 16.2. The maximum atomic E-state index is 12.7. The van der Waals surface area contributed by atoms with E-state index < -0.39 is 5.91 Å². The van der Waals surface area contributed by atoms with Crippen LogP contribution in [-0.4, -0.2) is 29.9 Å². The number of nitrogens with one attached hydrogen (secondary N) is 1. The molecule has 27 heavy (non-hydrogen) atoms. The molecule has 6 nitrogen and oxygen atoms in total. The molecule has 1 amide bonds. The van der Waals surface area contributed by atoms with Crippen LogP contribution in [0.1, 0.15) is 15.9 Å². The molecular weight excluding hydrogens is 389 g/mol. The average molecular weight is 406 g/mol. The molecule has 1 N–H and O–H groups in total. The minimum absolute atomic E-state index is 0.249. The summed E-state index contributed by atoms with van der Waals surface area (Å²) in [6, 6.07) is 12.5. The van der Waals surface area contributed by atoms with Crippen LogP contribution < -0.4 is 14.8 Å². The van der Waals surface area contributed by atoms with Crippen molar-refractivity contribution < 1.29 is 14.3 Å². The predicted molar refractivity (Wildman–Crippen MR) is 105 cm³/mol. The maximum absolute atomic E-state index is 12.7. The number of rotatable bonds is 6. The van der Waals surface area contributed by atoms with Gasteiger partial charge in [0, 0.05) is 11.2 Å². The number of benzene rings is 2. The summed E-state index contributed by atoms with van der Waals surface area (Å²) in [7, 11) is 2.98. The van der Waals surface area contributed by atoms with Crippen molar-refractivity contribution in [2.45, 2.75) is 6.54 Å². The molecule has 0 spiro atoms. The van der Waals surface area contributed by atoms with Crippen LogP contribution >= 0.6 is 23.2 Å². The molecular formula is C19H17Cl2N3O3. The van der Waals surface area contributed by atoms with E-state index in [4.69, 9.17) is 32.7 Å². The lowest BCUT2D eigenvalue weighted by Gasteiger charge is -2.12. The predicted octanol–water partition coefficient (Wildman–Crippen LogP) is 4.51. The topological polar surface area (TPSA) is 65.4 Å². The van der Waals surface area contributed by atoms with Crippen molar-refractivity contribution in [2.24, 2.45) is 0 Å². The van der Waals surface area contributed by atoms with E-state index in [1.165, 1.54) is 14.2 Å². The van der Waals surface area contributed by atoms with Crippen LogP contribution in [0.3, 0.4) is 0 Å². The molecule has 0 saturated heterocycles. The maximum Gasteiger partial charge on any atom is 0.260 e. The number of ether oxygens (including phenoxy) is 2. The third-order valence-electron chi connectivity index (χ3n) is 3.89. The van der Waals surface area contributed by atoms with Gasteiger partial charge in [0.05, 0.1) is 26.3 Å². The second-order valence-electron chi connectivity index (χ2n) is 5.61. The molecule has 0 aliphatic carbocycles. The number of methoxy groups -OCH3 is 2. The fourth-order valence-electron chi connectivity index (χ4n) is 2.60. The molecule has 3 aromatic rings. The van der Waals surface area contributed by atoms with E-state index in [1.807, 2.05) is 18.2 Å². The zero-order valence-electron chi connectivity index (χ0n) is 14.7. The number of aromatic nitrogens is 2. The largest absolute Gasteiger partial charge is 0.493 e. The van der Waals surface area contributed by atoms with Gasteiger partial charge in [-0.1, -0.05) is 47.5 Å². The molecule has 0 bridgehead atoms. The Bertz CT molecular complexity index is 973. The molecule has 0 saturated carbocycles. The monoisotopic (exact) mass is 405 g/mol. The van der Waals surface area contributed by atoms with Crippen molar-refractivity contribution in [1.82, 2.24) is 9.78 Å². The van der Waals surface area contributed by atoms with E-state index in [2.05, 4.69) is 10.4 Å². The van der Waals surface area contributed by atoms with Crippen molar-refractivity contribution in [3.05, 3.63) is 69.8 Å². The molecule has 8 heteroatoms. The normalized spacial score (nSPS) is 10.5. The number of hydrogen-bond acceptors (Lipinski definition) is 4. The highest BCUT2D eigenvalue weighted by molar-refractivity contribution is 6.33. The summed E-state index contributed by atoms with van der Waals surface area (Å²) in [5.74, 6) is 0.638. The van der Waals surface area contributed by atoms with Gasteiger partial charge in [0.25, 0.3) is 5.91 Å². The molecule has 0 aliphatic heterocycles. The number of hydrogen-bond donors (Lipinski definition) is 1. The number of anilines is 1. The summed E-state index contributed by atoms with van der Waals surface area (Å²) in [5.41, 5.74) is 1.21. The summed E-state index contributed by atoms with van der Waals surface area (Å²) in [6.07, 6.45) is 1.63. The van der Waals surface area contributed by atoms with Gasteiger partial charge >= 0.3 is 0 Å². The number of amides is 1. The minimum Gasteiger partial charge on any atom is -0.493 e. The Kier molecular flexibility index (Phi) is 5.88. The van der Waals surface area contributed by atoms with E-state index >= 15 is 0 Å². The van der Waals surface area contributed by atoms with E-state index in [9.17, 15) is 4.79 Å². The highest BCUT2D eigenvalue weighted by Gasteiger charge is 2.19. The Morgan fingerprint density at radius 2 is 1.85 bits per heavy atom. The Balaban J connectivity index is 1.82. The lowest BCUT2D eigenvalue weighted by atomic mass is 10.1. The van der Waals surface area contributed by atoms with Crippen LogP contribution in [-0.2, 0) is 6.54 Å². The molecule has 2 aromatic carbocycles. The zero-order chi connectivity index (χ0) is 19.4.